The van der Waals surface area contributed by atoms with Gasteiger partial charge >= 0.3 is 5.97 Å². The van der Waals surface area contributed by atoms with E-state index >= 15 is 0 Å². The standard InChI is InChI=1S/C27H23N3O5S/c1-33-18-9-10-22(34-2)20(15-18)30-25(24(29-27(30)36)19-8-3-4-13-28-19)23-12-11-21(35-23)16-6-5-7-17(14-16)26(31)32/h3-15,24-25H,1-2H3,(H,29,36)(H,31,32)/t24-,25-/m0/s1. The van der Waals surface area contributed by atoms with Gasteiger partial charge in [-0.15, -0.1) is 0 Å². The van der Waals surface area contributed by atoms with E-state index in [9.17, 15) is 9.90 Å². The lowest BCUT2D eigenvalue weighted by Gasteiger charge is -2.27. The average Bonchev–Trinajstić information content (AvgIpc) is 3.53. The van der Waals surface area contributed by atoms with Gasteiger partial charge < -0.3 is 29.2 Å². The summed E-state index contributed by atoms with van der Waals surface area (Å²) in [6, 6.07) is 20.8. The van der Waals surface area contributed by atoms with Crippen LogP contribution in [-0.4, -0.2) is 35.4 Å². The number of furan rings is 1. The van der Waals surface area contributed by atoms with Gasteiger partial charge in [-0.2, -0.15) is 0 Å². The van der Waals surface area contributed by atoms with Crippen LogP contribution in [0.5, 0.6) is 11.5 Å². The fourth-order valence-electron chi connectivity index (χ4n) is 4.36. The van der Waals surface area contributed by atoms with Gasteiger partial charge in [0, 0.05) is 17.8 Å². The molecule has 1 aliphatic rings. The highest BCUT2D eigenvalue weighted by Gasteiger charge is 2.43. The molecule has 0 aliphatic carbocycles. The summed E-state index contributed by atoms with van der Waals surface area (Å²) in [6.07, 6.45) is 1.73. The molecular formula is C27H23N3O5S. The van der Waals surface area contributed by atoms with E-state index in [-0.39, 0.29) is 11.6 Å². The van der Waals surface area contributed by atoms with Crippen LogP contribution in [-0.2, 0) is 0 Å². The zero-order valence-electron chi connectivity index (χ0n) is 19.5. The maximum atomic E-state index is 11.5. The fourth-order valence-corrected chi connectivity index (χ4v) is 4.70. The normalized spacial score (nSPS) is 17.1. The van der Waals surface area contributed by atoms with Crippen molar-refractivity contribution in [1.82, 2.24) is 10.3 Å². The summed E-state index contributed by atoms with van der Waals surface area (Å²) >= 11 is 5.79. The zero-order valence-corrected chi connectivity index (χ0v) is 20.4. The van der Waals surface area contributed by atoms with Crippen molar-refractivity contribution < 1.29 is 23.8 Å². The number of carbonyl (C=O) groups is 1. The van der Waals surface area contributed by atoms with Crippen molar-refractivity contribution in [3.63, 3.8) is 0 Å². The van der Waals surface area contributed by atoms with Gasteiger partial charge in [0.05, 0.1) is 37.2 Å². The first-order chi connectivity index (χ1) is 17.5. The molecule has 2 aromatic carbocycles. The number of hydrogen-bond acceptors (Lipinski definition) is 6. The molecule has 182 valence electrons. The second kappa shape index (κ2) is 9.71. The van der Waals surface area contributed by atoms with Gasteiger partial charge in [-0.1, -0.05) is 18.2 Å². The minimum Gasteiger partial charge on any atom is -0.497 e. The predicted molar refractivity (Wildman–Crippen MR) is 139 cm³/mol. The summed E-state index contributed by atoms with van der Waals surface area (Å²) in [5, 5.41) is 13.3. The Labute approximate surface area is 213 Å². The van der Waals surface area contributed by atoms with Crippen molar-refractivity contribution in [3.05, 3.63) is 96.0 Å². The van der Waals surface area contributed by atoms with Crippen LogP contribution in [0.3, 0.4) is 0 Å². The molecule has 0 amide bonds. The van der Waals surface area contributed by atoms with Crippen molar-refractivity contribution in [2.75, 3.05) is 19.1 Å². The number of hydrogen-bond donors (Lipinski definition) is 2. The molecule has 1 saturated heterocycles. The summed E-state index contributed by atoms with van der Waals surface area (Å²) in [5.74, 6) is 1.44. The van der Waals surface area contributed by atoms with Crippen LogP contribution in [0.4, 0.5) is 5.69 Å². The largest absolute Gasteiger partial charge is 0.497 e. The van der Waals surface area contributed by atoms with Gasteiger partial charge in [0.25, 0.3) is 0 Å². The minimum absolute atomic E-state index is 0.184. The van der Waals surface area contributed by atoms with Crippen molar-refractivity contribution in [2.45, 2.75) is 12.1 Å². The molecule has 2 N–H and O–H groups in total. The number of benzene rings is 2. The average molecular weight is 502 g/mol. The Morgan fingerprint density at radius 3 is 2.64 bits per heavy atom. The highest BCUT2D eigenvalue weighted by molar-refractivity contribution is 7.80. The SMILES string of the molecule is COc1ccc(OC)c(N2C(=S)N[C@@H](c3ccccn3)[C@@H]2c2ccc(-c3cccc(C(=O)O)c3)o2)c1. The summed E-state index contributed by atoms with van der Waals surface area (Å²) in [6.45, 7) is 0. The third-order valence-corrected chi connectivity index (χ3v) is 6.37. The molecule has 36 heavy (non-hydrogen) atoms. The van der Waals surface area contributed by atoms with E-state index in [0.717, 1.165) is 5.69 Å². The third-order valence-electron chi connectivity index (χ3n) is 6.06. The van der Waals surface area contributed by atoms with E-state index in [4.69, 9.17) is 26.1 Å². The van der Waals surface area contributed by atoms with E-state index in [1.54, 1.807) is 38.6 Å². The Hall–Kier alpha value is -4.37. The highest BCUT2D eigenvalue weighted by Crippen LogP contribution is 2.46. The van der Waals surface area contributed by atoms with E-state index in [1.807, 2.05) is 59.5 Å². The van der Waals surface area contributed by atoms with Crippen molar-refractivity contribution >= 4 is 29.0 Å². The van der Waals surface area contributed by atoms with Crippen LogP contribution >= 0.6 is 12.2 Å². The molecule has 0 unspecified atom stereocenters. The van der Waals surface area contributed by atoms with Gasteiger partial charge in [0.1, 0.15) is 29.1 Å². The van der Waals surface area contributed by atoms with Crippen LogP contribution in [0.15, 0.2) is 83.4 Å². The van der Waals surface area contributed by atoms with Gasteiger partial charge in [0.2, 0.25) is 0 Å². The number of thiocarbonyl (C=S) groups is 1. The van der Waals surface area contributed by atoms with Gasteiger partial charge in [-0.3, -0.25) is 4.98 Å². The molecule has 0 saturated carbocycles. The van der Waals surface area contributed by atoms with Crippen LogP contribution < -0.4 is 19.7 Å². The van der Waals surface area contributed by atoms with E-state index in [2.05, 4.69) is 10.3 Å². The van der Waals surface area contributed by atoms with E-state index in [1.165, 1.54) is 0 Å². The number of carboxylic acids is 1. The molecular weight excluding hydrogens is 478 g/mol. The first kappa shape index (κ1) is 23.4. The van der Waals surface area contributed by atoms with E-state index < -0.39 is 12.0 Å². The lowest BCUT2D eigenvalue weighted by atomic mass is 10.0. The number of aromatic nitrogens is 1. The van der Waals surface area contributed by atoms with Crippen LogP contribution in [0, 0.1) is 0 Å². The number of anilines is 1. The van der Waals surface area contributed by atoms with Crippen molar-refractivity contribution in [2.24, 2.45) is 0 Å². The Morgan fingerprint density at radius 2 is 1.92 bits per heavy atom. The lowest BCUT2D eigenvalue weighted by Crippen LogP contribution is -2.29. The molecule has 3 heterocycles. The Balaban J connectivity index is 1.63. The van der Waals surface area contributed by atoms with Crippen LogP contribution in [0.2, 0.25) is 0 Å². The quantitative estimate of drug-likeness (QED) is 0.330. The molecule has 1 fully saturated rings. The third kappa shape index (κ3) is 4.25. The Morgan fingerprint density at radius 1 is 1.06 bits per heavy atom. The molecule has 4 aromatic rings. The fraction of sp³-hybridized carbons (Fsp3) is 0.148. The molecule has 2 aromatic heterocycles. The number of pyridine rings is 1. The smallest absolute Gasteiger partial charge is 0.335 e. The molecule has 1 aliphatic heterocycles. The second-order valence-corrected chi connectivity index (χ2v) is 8.51. The van der Waals surface area contributed by atoms with Gasteiger partial charge in [-0.05, 0) is 60.7 Å². The van der Waals surface area contributed by atoms with Crippen molar-refractivity contribution in [3.8, 4) is 22.8 Å². The monoisotopic (exact) mass is 501 g/mol. The topological polar surface area (TPSA) is 97.1 Å². The zero-order chi connectivity index (χ0) is 25.2. The number of nitrogens with one attached hydrogen (secondary N) is 1. The van der Waals surface area contributed by atoms with Crippen LogP contribution in [0.1, 0.15) is 33.9 Å². The maximum absolute atomic E-state index is 11.5. The van der Waals surface area contributed by atoms with Gasteiger partial charge in [0.15, 0.2) is 5.11 Å². The summed E-state index contributed by atoms with van der Waals surface area (Å²) in [5.41, 5.74) is 2.35. The molecule has 0 spiro atoms. The number of rotatable bonds is 7. The summed E-state index contributed by atoms with van der Waals surface area (Å²) in [4.78, 5) is 18.0. The highest BCUT2D eigenvalue weighted by atomic mass is 32.1. The maximum Gasteiger partial charge on any atom is 0.335 e. The summed E-state index contributed by atoms with van der Waals surface area (Å²) in [7, 11) is 3.20. The lowest BCUT2D eigenvalue weighted by molar-refractivity contribution is 0.0697. The summed E-state index contributed by atoms with van der Waals surface area (Å²) < 4.78 is 17.5. The van der Waals surface area contributed by atoms with Crippen LogP contribution in [0.25, 0.3) is 11.3 Å². The first-order valence-corrected chi connectivity index (χ1v) is 11.6. The molecule has 8 nitrogen and oxygen atoms in total. The molecule has 0 bridgehead atoms. The molecule has 2 atom stereocenters. The van der Waals surface area contributed by atoms with Crippen molar-refractivity contribution in [1.29, 1.82) is 0 Å². The molecule has 5 rings (SSSR count). The number of methoxy groups -OCH3 is 2. The first-order valence-electron chi connectivity index (χ1n) is 11.2. The second-order valence-electron chi connectivity index (χ2n) is 8.12. The minimum atomic E-state index is -1.000. The number of nitrogens with zero attached hydrogens (tertiary/aromatic N) is 2. The number of ether oxygens (including phenoxy) is 2. The number of aromatic carboxylic acids is 1. The molecule has 0 radical (unpaired) electrons. The molecule has 9 heteroatoms. The van der Waals surface area contributed by atoms with Gasteiger partial charge in [-0.25, -0.2) is 4.79 Å². The van der Waals surface area contributed by atoms with E-state index in [0.29, 0.717) is 39.4 Å². The Bertz CT molecular complexity index is 1420. The Kier molecular flexibility index (Phi) is 6.30. The number of carboxylic acid groups (broad SMARTS) is 1. The predicted octanol–water partition coefficient (Wildman–Crippen LogP) is 5.23.